The minimum absolute atomic E-state index is 0.0195. The molecule has 0 unspecified atom stereocenters. The van der Waals surface area contributed by atoms with Gasteiger partial charge in [0.2, 0.25) is 5.91 Å². The predicted molar refractivity (Wildman–Crippen MR) is 153 cm³/mol. The zero-order valence-corrected chi connectivity index (χ0v) is 23.2. The number of nitrogens with zero attached hydrogens (tertiary/aromatic N) is 1. The molecule has 2 aliphatic rings. The van der Waals surface area contributed by atoms with Crippen molar-refractivity contribution in [3.8, 4) is 5.75 Å². The molecule has 4 rings (SSSR count). The van der Waals surface area contributed by atoms with Gasteiger partial charge < -0.3 is 9.64 Å². The van der Waals surface area contributed by atoms with E-state index >= 15 is 0 Å². The summed E-state index contributed by atoms with van der Waals surface area (Å²) in [4.78, 5) is 30.2. The van der Waals surface area contributed by atoms with Crippen LogP contribution in [0.25, 0.3) is 10.5 Å². The highest BCUT2D eigenvalue weighted by Crippen LogP contribution is 2.58. The van der Waals surface area contributed by atoms with Crippen molar-refractivity contribution in [1.82, 2.24) is 0 Å². The van der Waals surface area contributed by atoms with Crippen molar-refractivity contribution in [3.05, 3.63) is 68.8 Å². The number of rotatable bonds is 5. The highest BCUT2D eigenvalue weighted by Gasteiger charge is 2.46. The van der Waals surface area contributed by atoms with Crippen LogP contribution in [0, 0.1) is 5.92 Å². The lowest BCUT2D eigenvalue weighted by Gasteiger charge is -2.46. The Labute approximate surface area is 221 Å². The van der Waals surface area contributed by atoms with Gasteiger partial charge in [-0.05, 0) is 51.5 Å². The molecule has 1 amide bonds. The van der Waals surface area contributed by atoms with Gasteiger partial charge in [-0.3, -0.25) is 9.59 Å². The number of carbonyl (C=O) groups excluding carboxylic acids is 2. The number of amides is 1. The molecule has 0 aliphatic carbocycles. The molecule has 0 saturated carbocycles. The summed E-state index contributed by atoms with van der Waals surface area (Å²) in [7, 11) is 0. The van der Waals surface area contributed by atoms with Crippen molar-refractivity contribution in [2.75, 3.05) is 11.5 Å². The number of ether oxygens (including phenoxy) is 1. The predicted octanol–water partition coefficient (Wildman–Crippen LogP) is 7.34. The normalized spacial score (nSPS) is 19.3. The highest BCUT2D eigenvalue weighted by atomic mass is 32.2. The van der Waals surface area contributed by atoms with Crippen molar-refractivity contribution >= 4 is 68.5 Å². The minimum atomic E-state index is -0.716. The lowest BCUT2D eigenvalue weighted by molar-refractivity contribution is -0.122. The van der Waals surface area contributed by atoms with Gasteiger partial charge in [-0.1, -0.05) is 79.9 Å². The van der Waals surface area contributed by atoms with Crippen molar-refractivity contribution in [1.29, 1.82) is 0 Å². The van der Waals surface area contributed by atoms with E-state index in [9.17, 15) is 9.59 Å². The first-order chi connectivity index (χ1) is 16.6. The molecular weight excluding hydrogens is 495 g/mol. The summed E-state index contributed by atoms with van der Waals surface area (Å²) in [5.41, 5.74) is 2.86. The molecule has 2 heterocycles. The third-order valence-electron chi connectivity index (χ3n) is 6.00. The van der Waals surface area contributed by atoms with Gasteiger partial charge in [0.1, 0.15) is 5.75 Å². The van der Waals surface area contributed by atoms with E-state index in [1.807, 2.05) is 88.0 Å². The van der Waals surface area contributed by atoms with E-state index in [4.69, 9.17) is 17.0 Å². The Kier molecular flexibility index (Phi) is 7.32. The van der Waals surface area contributed by atoms with E-state index < -0.39 is 5.54 Å². The number of thioether (sulfide) groups is 2. The Morgan fingerprint density at radius 2 is 1.77 bits per heavy atom. The zero-order chi connectivity index (χ0) is 25.5. The highest BCUT2D eigenvalue weighted by molar-refractivity contribution is 8.32. The molecule has 0 atom stereocenters. The number of anilines is 1. The fourth-order valence-corrected chi connectivity index (χ4v) is 7.46. The number of carbonyl (C=O) groups is 2. The maximum atomic E-state index is 13.4. The van der Waals surface area contributed by atoms with Crippen LogP contribution in [0.1, 0.15) is 52.7 Å². The molecule has 0 spiro atoms. The van der Waals surface area contributed by atoms with Crippen molar-refractivity contribution in [2.45, 2.75) is 47.1 Å². The van der Waals surface area contributed by atoms with E-state index in [2.05, 4.69) is 0 Å². The van der Waals surface area contributed by atoms with Gasteiger partial charge in [-0.25, -0.2) is 0 Å². The van der Waals surface area contributed by atoms with Crippen LogP contribution in [0.15, 0.2) is 57.7 Å². The van der Waals surface area contributed by atoms with Crippen LogP contribution < -0.4 is 9.64 Å². The third-order valence-corrected chi connectivity index (χ3v) is 9.45. The number of thiocarbonyl (C=S) groups is 1. The summed E-state index contributed by atoms with van der Waals surface area (Å²) in [5, 5.41) is 0. The van der Waals surface area contributed by atoms with Crippen molar-refractivity contribution in [3.63, 3.8) is 0 Å². The SMILES string of the molecule is CCOc1ccc2c(c1)/C(=C1/SC(C(C)=O)=C(c3ccccc3)S1)C(=S)C(C)(C)N2C(=O)C(C)C. The second kappa shape index (κ2) is 9.96. The van der Waals surface area contributed by atoms with Crippen molar-refractivity contribution < 1.29 is 14.3 Å². The fourth-order valence-electron chi connectivity index (χ4n) is 4.27. The maximum absolute atomic E-state index is 13.4. The monoisotopic (exact) mass is 523 g/mol. The van der Waals surface area contributed by atoms with Gasteiger partial charge in [0.05, 0.1) is 31.8 Å². The second-order valence-electron chi connectivity index (χ2n) is 9.28. The van der Waals surface area contributed by atoms with Crippen LogP contribution in [-0.2, 0) is 9.59 Å². The van der Waals surface area contributed by atoms with Crippen LogP contribution in [0.3, 0.4) is 0 Å². The molecule has 2 aromatic carbocycles. The Balaban J connectivity index is 1.95. The molecule has 0 radical (unpaired) electrons. The number of hydrogen-bond acceptors (Lipinski definition) is 6. The van der Waals surface area contributed by atoms with Gasteiger partial charge >= 0.3 is 0 Å². The molecular formula is C28H29NO3S3. The van der Waals surface area contributed by atoms with Crippen LogP contribution in [0.4, 0.5) is 5.69 Å². The molecule has 0 bridgehead atoms. The zero-order valence-electron chi connectivity index (χ0n) is 20.8. The molecule has 7 heteroatoms. The molecule has 0 N–H and O–H groups in total. The molecule has 4 nitrogen and oxygen atoms in total. The summed E-state index contributed by atoms with van der Waals surface area (Å²) >= 11 is 9.16. The summed E-state index contributed by atoms with van der Waals surface area (Å²) in [6, 6.07) is 15.8. The second-order valence-corrected chi connectivity index (χ2v) is 12.0. The van der Waals surface area contributed by atoms with Gasteiger partial charge in [0.25, 0.3) is 0 Å². The summed E-state index contributed by atoms with van der Waals surface area (Å²) in [5.74, 6) is 0.584. The molecule has 182 valence electrons. The van der Waals surface area contributed by atoms with Crippen LogP contribution in [0.2, 0.25) is 0 Å². The van der Waals surface area contributed by atoms with Crippen LogP contribution >= 0.6 is 35.7 Å². The topological polar surface area (TPSA) is 46.6 Å². The number of fused-ring (bicyclic) bond motifs is 1. The van der Waals surface area contributed by atoms with Crippen molar-refractivity contribution in [2.24, 2.45) is 5.92 Å². The standard InChI is InChI=1S/C28H29NO3S3/c1-7-32-19-13-14-21-20(15-19)22(25(33)28(5,6)29(21)26(31)16(2)3)27-34-23(17(4)30)24(35-27)18-11-9-8-10-12-18/h8-16H,7H2,1-6H3/b27-22+. The first-order valence-corrected chi connectivity index (χ1v) is 13.7. The molecule has 0 aromatic heterocycles. The first kappa shape index (κ1) is 25.7. The lowest BCUT2D eigenvalue weighted by atomic mass is 9.82. The lowest BCUT2D eigenvalue weighted by Crippen LogP contribution is -2.57. The largest absolute Gasteiger partial charge is 0.494 e. The summed E-state index contributed by atoms with van der Waals surface area (Å²) in [6.45, 7) is 11.9. The minimum Gasteiger partial charge on any atom is -0.494 e. The van der Waals surface area contributed by atoms with E-state index in [1.54, 1.807) is 18.7 Å². The van der Waals surface area contributed by atoms with Gasteiger partial charge in [0.15, 0.2) is 5.78 Å². The molecule has 0 fully saturated rings. The summed E-state index contributed by atoms with van der Waals surface area (Å²) < 4.78 is 6.77. The Bertz CT molecular complexity index is 1280. The molecule has 35 heavy (non-hydrogen) atoms. The fraction of sp³-hybridized carbons (Fsp3) is 0.321. The number of ketones is 1. The van der Waals surface area contributed by atoms with E-state index in [1.165, 1.54) is 11.8 Å². The Morgan fingerprint density at radius 1 is 1.09 bits per heavy atom. The van der Waals surface area contributed by atoms with E-state index in [0.717, 1.165) is 37.3 Å². The average molecular weight is 524 g/mol. The van der Waals surface area contributed by atoms with E-state index in [-0.39, 0.29) is 17.6 Å². The van der Waals surface area contributed by atoms with Crippen LogP contribution in [-0.4, -0.2) is 28.7 Å². The smallest absolute Gasteiger partial charge is 0.230 e. The Hall–Kier alpha value is -2.35. The quantitative estimate of drug-likeness (QED) is 0.302. The Morgan fingerprint density at radius 3 is 2.37 bits per heavy atom. The first-order valence-electron chi connectivity index (χ1n) is 11.6. The molecule has 0 saturated heterocycles. The number of Topliss-reactive ketones (excluding diaryl/α,β-unsaturated/α-hetero) is 1. The molecule has 2 aliphatic heterocycles. The maximum Gasteiger partial charge on any atom is 0.230 e. The number of hydrogen-bond donors (Lipinski definition) is 0. The summed E-state index contributed by atoms with van der Waals surface area (Å²) in [6.07, 6.45) is 0. The third kappa shape index (κ3) is 4.61. The van der Waals surface area contributed by atoms with E-state index in [0.29, 0.717) is 16.4 Å². The number of allylic oxidation sites excluding steroid dienone is 1. The van der Waals surface area contributed by atoms with Gasteiger partial charge in [0, 0.05) is 22.0 Å². The molecule has 2 aromatic rings. The number of benzene rings is 2. The van der Waals surface area contributed by atoms with Gasteiger partial charge in [-0.15, -0.1) is 0 Å². The van der Waals surface area contributed by atoms with Crippen LogP contribution in [0.5, 0.6) is 5.75 Å². The van der Waals surface area contributed by atoms with Gasteiger partial charge in [-0.2, -0.15) is 0 Å². The average Bonchev–Trinajstić information content (AvgIpc) is 3.26.